The molecule has 0 radical (unpaired) electrons. The maximum atomic E-state index is 3.75. The Morgan fingerprint density at radius 2 is 2.00 bits per heavy atom. The highest BCUT2D eigenvalue weighted by Gasteiger charge is 2.17. The molecule has 0 bridgehead atoms. The van der Waals surface area contributed by atoms with Gasteiger partial charge in [-0.1, -0.05) is 6.08 Å². The lowest BCUT2D eigenvalue weighted by atomic mass is 10.1. The second-order valence-corrected chi connectivity index (χ2v) is 4.77. The number of nitrogens with zero attached hydrogens (tertiary/aromatic N) is 1. The summed E-state index contributed by atoms with van der Waals surface area (Å²) in [7, 11) is 0. The molecule has 1 saturated heterocycles. The highest BCUT2D eigenvalue weighted by molar-refractivity contribution is 4.77. The molecule has 0 aromatic rings. The van der Waals surface area contributed by atoms with E-state index in [1.54, 1.807) is 0 Å². The summed E-state index contributed by atoms with van der Waals surface area (Å²) < 4.78 is 0. The number of hydrogen-bond acceptors (Lipinski definition) is 2. The minimum Gasteiger partial charge on any atom is -0.313 e. The van der Waals surface area contributed by atoms with Crippen LogP contribution < -0.4 is 5.32 Å². The average Bonchev–Trinajstić information content (AvgIpc) is 2.76. The summed E-state index contributed by atoms with van der Waals surface area (Å²) in [4.78, 5) is 2.59. The van der Waals surface area contributed by atoms with Gasteiger partial charge in [0, 0.05) is 18.6 Å². The molecule has 2 heteroatoms. The molecule has 0 aromatic carbocycles. The van der Waals surface area contributed by atoms with Crippen LogP contribution >= 0.6 is 0 Å². The van der Waals surface area contributed by atoms with Crippen molar-refractivity contribution in [3.05, 3.63) is 12.7 Å². The predicted molar refractivity (Wildman–Crippen MR) is 67.2 cm³/mol. The molecule has 2 nitrogen and oxygen atoms in total. The van der Waals surface area contributed by atoms with Gasteiger partial charge in [-0.25, -0.2) is 0 Å². The van der Waals surface area contributed by atoms with Crippen molar-refractivity contribution in [2.45, 2.75) is 51.6 Å². The van der Waals surface area contributed by atoms with Crippen molar-refractivity contribution in [3.63, 3.8) is 0 Å². The topological polar surface area (TPSA) is 15.3 Å². The van der Waals surface area contributed by atoms with Crippen LogP contribution in [-0.4, -0.2) is 36.6 Å². The molecule has 0 aliphatic carbocycles. The summed E-state index contributed by atoms with van der Waals surface area (Å²) in [5, 5.41) is 3.60. The van der Waals surface area contributed by atoms with Crippen molar-refractivity contribution in [1.29, 1.82) is 0 Å². The van der Waals surface area contributed by atoms with Crippen LogP contribution in [0.1, 0.15) is 39.5 Å². The molecule has 1 rings (SSSR count). The van der Waals surface area contributed by atoms with Gasteiger partial charge in [0.25, 0.3) is 0 Å². The van der Waals surface area contributed by atoms with Crippen LogP contribution in [-0.2, 0) is 0 Å². The second-order valence-electron chi connectivity index (χ2n) is 4.77. The van der Waals surface area contributed by atoms with Crippen molar-refractivity contribution in [2.24, 2.45) is 0 Å². The predicted octanol–water partition coefficient (Wildman–Crippen LogP) is 2.42. The molecule has 1 aliphatic heterocycles. The summed E-state index contributed by atoms with van der Waals surface area (Å²) in [6.07, 6.45) is 7.09. The highest BCUT2D eigenvalue weighted by Crippen LogP contribution is 2.11. The molecule has 2 unspecified atom stereocenters. The van der Waals surface area contributed by atoms with E-state index in [0.29, 0.717) is 12.1 Å². The minimum atomic E-state index is 0.619. The Bertz CT molecular complexity index is 173. The van der Waals surface area contributed by atoms with Gasteiger partial charge in [0.05, 0.1) is 0 Å². The zero-order valence-corrected chi connectivity index (χ0v) is 10.3. The molecule has 0 spiro atoms. The molecular weight excluding hydrogens is 184 g/mol. The van der Waals surface area contributed by atoms with Gasteiger partial charge in [0.2, 0.25) is 0 Å². The van der Waals surface area contributed by atoms with Crippen molar-refractivity contribution in [2.75, 3.05) is 19.6 Å². The normalized spacial score (nSPS) is 21.5. The van der Waals surface area contributed by atoms with E-state index in [-0.39, 0.29) is 0 Å². The van der Waals surface area contributed by atoms with Crippen LogP contribution in [0.4, 0.5) is 0 Å². The number of rotatable bonds is 7. The van der Waals surface area contributed by atoms with Crippen molar-refractivity contribution >= 4 is 0 Å². The Kier molecular flexibility index (Phi) is 5.96. The molecule has 1 fully saturated rings. The monoisotopic (exact) mass is 210 g/mol. The van der Waals surface area contributed by atoms with Crippen LogP contribution in [0.25, 0.3) is 0 Å². The van der Waals surface area contributed by atoms with Gasteiger partial charge in [-0.15, -0.1) is 6.58 Å². The smallest absolute Gasteiger partial charge is 0.0192 e. The third kappa shape index (κ3) is 4.80. The SMILES string of the molecule is C=CCCC(C)NCC(C)N1CCCC1. The first-order valence-electron chi connectivity index (χ1n) is 6.32. The van der Waals surface area contributed by atoms with E-state index >= 15 is 0 Å². The van der Waals surface area contributed by atoms with E-state index in [1.165, 1.54) is 32.4 Å². The molecule has 0 saturated carbocycles. The Hall–Kier alpha value is -0.340. The van der Waals surface area contributed by atoms with Crippen LogP contribution in [0.2, 0.25) is 0 Å². The highest BCUT2D eigenvalue weighted by atomic mass is 15.2. The second kappa shape index (κ2) is 7.02. The van der Waals surface area contributed by atoms with Crippen LogP contribution in [0.3, 0.4) is 0 Å². The third-order valence-corrected chi connectivity index (χ3v) is 3.33. The molecule has 2 atom stereocenters. The van der Waals surface area contributed by atoms with E-state index in [2.05, 4.69) is 30.6 Å². The first-order valence-corrected chi connectivity index (χ1v) is 6.32. The van der Waals surface area contributed by atoms with Crippen molar-refractivity contribution in [3.8, 4) is 0 Å². The average molecular weight is 210 g/mol. The summed E-state index contributed by atoms with van der Waals surface area (Å²) in [5.41, 5.74) is 0. The zero-order chi connectivity index (χ0) is 11.1. The van der Waals surface area contributed by atoms with Gasteiger partial charge in [-0.2, -0.15) is 0 Å². The zero-order valence-electron chi connectivity index (χ0n) is 10.3. The van der Waals surface area contributed by atoms with E-state index in [1.807, 2.05) is 6.08 Å². The summed E-state index contributed by atoms with van der Waals surface area (Å²) >= 11 is 0. The molecular formula is C13H26N2. The Balaban J connectivity index is 2.09. The number of allylic oxidation sites excluding steroid dienone is 1. The summed E-state index contributed by atoms with van der Waals surface area (Å²) in [6, 6.07) is 1.31. The lowest BCUT2D eigenvalue weighted by Gasteiger charge is -2.25. The van der Waals surface area contributed by atoms with Gasteiger partial charge < -0.3 is 5.32 Å². The fourth-order valence-corrected chi connectivity index (χ4v) is 2.15. The maximum Gasteiger partial charge on any atom is 0.0192 e. The van der Waals surface area contributed by atoms with Gasteiger partial charge in [-0.05, 0) is 52.6 Å². The van der Waals surface area contributed by atoms with Gasteiger partial charge in [0.15, 0.2) is 0 Å². The fraction of sp³-hybridized carbons (Fsp3) is 0.846. The van der Waals surface area contributed by atoms with Gasteiger partial charge in [0.1, 0.15) is 0 Å². The lowest BCUT2D eigenvalue weighted by Crippen LogP contribution is -2.41. The largest absolute Gasteiger partial charge is 0.313 e. The van der Waals surface area contributed by atoms with E-state index in [0.717, 1.165) is 13.0 Å². The van der Waals surface area contributed by atoms with Crippen LogP contribution in [0.5, 0.6) is 0 Å². The van der Waals surface area contributed by atoms with E-state index < -0.39 is 0 Å². The Morgan fingerprint density at radius 3 is 2.60 bits per heavy atom. The molecule has 0 aromatic heterocycles. The van der Waals surface area contributed by atoms with Crippen LogP contribution in [0, 0.1) is 0 Å². The first-order chi connectivity index (χ1) is 7.24. The van der Waals surface area contributed by atoms with Crippen LogP contribution in [0.15, 0.2) is 12.7 Å². The summed E-state index contributed by atoms with van der Waals surface area (Å²) in [6.45, 7) is 12.1. The molecule has 1 aliphatic rings. The fourth-order valence-electron chi connectivity index (χ4n) is 2.15. The number of likely N-dealkylation sites (tertiary alicyclic amines) is 1. The van der Waals surface area contributed by atoms with E-state index in [4.69, 9.17) is 0 Å². The molecule has 1 N–H and O–H groups in total. The Morgan fingerprint density at radius 1 is 1.33 bits per heavy atom. The van der Waals surface area contributed by atoms with Crippen molar-refractivity contribution in [1.82, 2.24) is 10.2 Å². The lowest BCUT2D eigenvalue weighted by molar-refractivity contribution is 0.246. The standard InChI is InChI=1S/C13H26N2/c1-4-5-8-12(2)14-11-13(3)15-9-6-7-10-15/h4,12-14H,1,5-11H2,2-3H3. The first kappa shape index (κ1) is 12.7. The molecule has 88 valence electrons. The van der Waals surface area contributed by atoms with E-state index in [9.17, 15) is 0 Å². The van der Waals surface area contributed by atoms with Gasteiger partial charge in [-0.3, -0.25) is 4.90 Å². The van der Waals surface area contributed by atoms with Gasteiger partial charge >= 0.3 is 0 Å². The maximum absolute atomic E-state index is 3.75. The molecule has 15 heavy (non-hydrogen) atoms. The number of nitrogens with one attached hydrogen (secondary N) is 1. The molecule has 0 amide bonds. The Labute approximate surface area is 94.7 Å². The minimum absolute atomic E-state index is 0.619. The summed E-state index contributed by atoms with van der Waals surface area (Å²) in [5.74, 6) is 0. The molecule has 1 heterocycles. The number of hydrogen-bond donors (Lipinski definition) is 1. The third-order valence-electron chi connectivity index (χ3n) is 3.33. The van der Waals surface area contributed by atoms with Crippen molar-refractivity contribution < 1.29 is 0 Å². The quantitative estimate of drug-likeness (QED) is 0.649.